The van der Waals surface area contributed by atoms with Crippen molar-refractivity contribution in [1.29, 1.82) is 0 Å². The molecule has 0 aliphatic carbocycles. The molecule has 2 aromatic rings. The van der Waals surface area contributed by atoms with E-state index in [9.17, 15) is 24.5 Å². The van der Waals surface area contributed by atoms with E-state index < -0.39 is 22.3 Å². The molecular formula is C13H6Br2N4O5. The van der Waals surface area contributed by atoms with Gasteiger partial charge in [0, 0.05) is 16.6 Å². The molecule has 1 aromatic carbocycles. The molecule has 0 radical (unpaired) electrons. The SMILES string of the molecule is Nc1c2c(cc(=O)n1-c1cc(Br)c([N+](=O)[O-])cc1Br)C(=O)NC2=O. The number of hydrogen-bond donors (Lipinski definition) is 2. The van der Waals surface area contributed by atoms with Crippen LogP contribution in [-0.2, 0) is 0 Å². The summed E-state index contributed by atoms with van der Waals surface area (Å²) in [5, 5.41) is 13.0. The van der Waals surface area contributed by atoms with Crippen molar-refractivity contribution in [2.75, 3.05) is 5.73 Å². The van der Waals surface area contributed by atoms with Crippen molar-refractivity contribution in [3.8, 4) is 5.69 Å². The summed E-state index contributed by atoms with van der Waals surface area (Å²) in [5.41, 5.74) is 5.02. The van der Waals surface area contributed by atoms with Crippen molar-refractivity contribution in [2.24, 2.45) is 0 Å². The number of nitro groups is 1. The number of aromatic nitrogens is 1. The molecule has 3 N–H and O–H groups in total. The largest absolute Gasteiger partial charge is 0.384 e. The number of carbonyl (C=O) groups excluding carboxylic acids is 2. The standard InChI is InChI=1S/C13H6Br2N4O5/c14-5-3-8(19(23)24)6(15)2-7(5)18-9(20)1-4-10(11(18)16)13(22)17-12(4)21/h1-3H,16H2,(H,17,21,22). The number of nitrogens with one attached hydrogen (secondary N) is 1. The number of amides is 2. The van der Waals surface area contributed by atoms with Gasteiger partial charge in [-0.25, -0.2) is 0 Å². The Balaban J connectivity index is 2.33. The third-order valence-corrected chi connectivity index (χ3v) is 4.68. The van der Waals surface area contributed by atoms with Crippen LogP contribution in [-0.4, -0.2) is 21.3 Å². The smallest absolute Gasteiger partial charge is 0.284 e. The lowest BCUT2D eigenvalue weighted by Gasteiger charge is -2.13. The molecule has 9 nitrogen and oxygen atoms in total. The first-order valence-corrected chi connectivity index (χ1v) is 7.86. The van der Waals surface area contributed by atoms with E-state index in [1.165, 1.54) is 12.1 Å². The number of benzene rings is 1. The van der Waals surface area contributed by atoms with Gasteiger partial charge in [-0.05, 0) is 37.9 Å². The van der Waals surface area contributed by atoms with E-state index in [1.54, 1.807) is 0 Å². The molecule has 0 atom stereocenters. The Morgan fingerprint density at radius 3 is 2.38 bits per heavy atom. The number of imide groups is 1. The van der Waals surface area contributed by atoms with Crippen LogP contribution in [0.1, 0.15) is 20.7 Å². The van der Waals surface area contributed by atoms with Gasteiger partial charge in [-0.15, -0.1) is 0 Å². The molecule has 122 valence electrons. The number of carbonyl (C=O) groups is 2. The fourth-order valence-corrected chi connectivity index (χ4v) is 3.35. The van der Waals surface area contributed by atoms with Crippen molar-refractivity contribution in [3.05, 3.63) is 58.7 Å². The van der Waals surface area contributed by atoms with Crippen molar-refractivity contribution in [3.63, 3.8) is 0 Å². The van der Waals surface area contributed by atoms with Crippen LogP contribution in [0.25, 0.3) is 5.69 Å². The molecule has 1 aromatic heterocycles. The van der Waals surface area contributed by atoms with Crippen LogP contribution in [0.3, 0.4) is 0 Å². The first-order chi connectivity index (χ1) is 11.2. The van der Waals surface area contributed by atoms with Gasteiger partial charge >= 0.3 is 0 Å². The van der Waals surface area contributed by atoms with Gasteiger partial charge in [0.15, 0.2) is 0 Å². The molecule has 0 saturated carbocycles. The number of halogens is 2. The van der Waals surface area contributed by atoms with Crippen LogP contribution in [0.4, 0.5) is 11.5 Å². The molecule has 11 heteroatoms. The highest BCUT2D eigenvalue weighted by Crippen LogP contribution is 2.34. The zero-order valence-corrected chi connectivity index (χ0v) is 14.7. The van der Waals surface area contributed by atoms with E-state index in [4.69, 9.17) is 5.73 Å². The van der Waals surface area contributed by atoms with Crippen LogP contribution < -0.4 is 16.6 Å². The van der Waals surface area contributed by atoms with E-state index in [2.05, 4.69) is 37.2 Å². The van der Waals surface area contributed by atoms with Gasteiger partial charge in [-0.2, -0.15) is 0 Å². The predicted molar refractivity (Wildman–Crippen MR) is 90.3 cm³/mol. The van der Waals surface area contributed by atoms with Gasteiger partial charge in [0.25, 0.3) is 23.1 Å². The Morgan fingerprint density at radius 1 is 1.08 bits per heavy atom. The summed E-state index contributed by atoms with van der Waals surface area (Å²) in [5.74, 6) is -1.64. The lowest BCUT2D eigenvalue weighted by molar-refractivity contribution is -0.385. The summed E-state index contributed by atoms with van der Waals surface area (Å²) in [6.07, 6.45) is 0. The number of nitrogen functional groups attached to an aromatic ring is 1. The van der Waals surface area contributed by atoms with E-state index in [-0.39, 0.29) is 37.3 Å². The fourth-order valence-electron chi connectivity index (χ4n) is 2.36. The maximum atomic E-state index is 12.4. The second-order valence-corrected chi connectivity index (χ2v) is 6.50. The Labute approximate surface area is 149 Å². The Morgan fingerprint density at radius 2 is 1.75 bits per heavy atom. The van der Waals surface area contributed by atoms with E-state index in [0.717, 1.165) is 10.6 Å². The first kappa shape index (κ1) is 16.3. The molecule has 1 aliphatic heterocycles. The molecule has 0 fully saturated rings. The second kappa shape index (κ2) is 5.53. The minimum absolute atomic E-state index is 0.101. The van der Waals surface area contributed by atoms with Crippen molar-refractivity contribution in [1.82, 2.24) is 9.88 Å². The van der Waals surface area contributed by atoms with E-state index in [1.807, 2.05) is 0 Å². The summed E-state index contributed by atoms with van der Waals surface area (Å²) in [6, 6.07) is 3.51. The average Bonchev–Trinajstić information content (AvgIpc) is 2.76. The fraction of sp³-hybridized carbons (Fsp3) is 0. The molecule has 0 spiro atoms. The van der Waals surface area contributed by atoms with Crippen LogP contribution >= 0.6 is 31.9 Å². The predicted octanol–water partition coefficient (Wildman–Crippen LogP) is 1.74. The highest BCUT2D eigenvalue weighted by Gasteiger charge is 2.32. The van der Waals surface area contributed by atoms with Crippen molar-refractivity contribution in [2.45, 2.75) is 0 Å². The molecule has 3 rings (SSSR count). The quantitative estimate of drug-likeness (QED) is 0.400. The van der Waals surface area contributed by atoms with Crippen LogP contribution in [0.2, 0.25) is 0 Å². The second-order valence-electron chi connectivity index (χ2n) is 4.79. The molecule has 24 heavy (non-hydrogen) atoms. The summed E-state index contributed by atoms with van der Waals surface area (Å²) in [4.78, 5) is 46.2. The van der Waals surface area contributed by atoms with Crippen molar-refractivity contribution < 1.29 is 14.5 Å². The molecule has 0 saturated heterocycles. The van der Waals surface area contributed by atoms with E-state index in [0.29, 0.717) is 0 Å². The zero-order chi connectivity index (χ0) is 17.8. The van der Waals surface area contributed by atoms with Gasteiger partial charge in [0.05, 0.1) is 26.2 Å². The number of anilines is 1. The van der Waals surface area contributed by atoms with Gasteiger partial charge in [-0.3, -0.25) is 34.4 Å². The van der Waals surface area contributed by atoms with Crippen molar-refractivity contribution >= 4 is 55.2 Å². The maximum Gasteiger partial charge on any atom is 0.284 e. The molecule has 2 heterocycles. The number of nitrogens with two attached hydrogens (primary N) is 1. The third kappa shape index (κ3) is 2.32. The van der Waals surface area contributed by atoms with Crippen LogP contribution in [0.5, 0.6) is 0 Å². The lowest BCUT2D eigenvalue weighted by Crippen LogP contribution is -2.24. The summed E-state index contributed by atoms with van der Waals surface area (Å²) >= 11 is 6.21. The van der Waals surface area contributed by atoms with Gasteiger partial charge in [0.2, 0.25) is 0 Å². The summed E-state index contributed by atoms with van der Waals surface area (Å²) in [6.45, 7) is 0. The number of nitro benzene ring substituents is 1. The molecule has 0 bridgehead atoms. The molecular weight excluding hydrogens is 452 g/mol. The highest BCUT2D eigenvalue weighted by molar-refractivity contribution is 9.11. The van der Waals surface area contributed by atoms with E-state index >= 15 is 0 Å². The van der Waals surface area contributed by atoms with Gasteiger partial charge in [-0.1, -0.05) is 0 Å². The van der Waals surface area contributed by atoms with Crippen LogP contribution in [0, 0.1) is 10.1 Å². The summed E-state index contributed by atoms with van der Waals surface area (Å²) < 4.78 is 1.34. The van der Waals surface area contributed by atoms with Gasteiger partial charge in [0.1, 0.15) is 5.82 Å². The number of nitrogens with zero attached hydrogens (tertiary/aromatic N) is 2. The number of pyridine rings is 1. The van der Waals surface area contributed by atoms with Gasteiger partial charge < -0.3 is 5.73 Å². The lowest BCUT2D eigenvalue weighted by atomic mass is 10.1. The molecule has 1 aliphatic rings. The average molecular weight is 458 g/mol. The highest BCUT2D eigenvalue weighted by atomic mass is 79.9. The number of fused-ring (bicyclic) bond motifs is 1. The minimum atomic E-state index is -0.710. The van der Waals surface area contributed by atoms with Crippen LogP contribution in [0.15, 0.2) is 31.9 Å². The first-order valence-electron chi connectivity index (χ1n) is 6.27. The molecule has 2 amide bonds. The number of rotatable bonds is 2. The third-order valence-electron chi connectivity index (χ3n) is 3.41. The normalized spacial score (nSPS) is 12.9. The minimum Gasteiger partial charge on any atom is -0.384 e. The summed E-state index contributed by atoms with van der Waals surface area (Å²) in [7, 11) is 0. The topological polar surface area (TPSA) is 137 Å². The monoisotopic (exact) mass is 456 g/mol. The Kier molecular flexibility index (Phi) is 3.76. The zero-order valence-electron chi connectivity index (χ0n) is 11.5. The maximum absolute atomic E-state index is 12.4. The molecule has 0 unspecified atom stereocenters. The Hall–Kier alpha value is -2.53. The Bertz CT molecular complexity index is 1010. The number of hydrogen-bond acceptors (Lipinski definition) is 6.